The van der Waals surface area contributed by atoms with Crippen LogP contribution < -0.4 is 5.32 Å². The molecule has 16 heavy (non-hydrogen) atoms. The maximum atomic E-state index is 10.8. The second kappa shape index (κ2) is 4.37. The van der Waals surface area contributed by atoms with Crippen molar-refractivity contribution in [2.45, 2.75) is 25.8 Å². The Morgan fingerprint density at radius 2 is 2.38 bits per heavy atom. The molecule has 1 aliphatic carbocycles. The van der Waals surface area contributed by atoms with Crippen LogP contribution in [-0.2, 0) is 0 Å². The van der Waals surface area contributed by atoms with Gasteiger partial charge in [-0.25, -0.2) is 4.98 Å². The van der Waals surface area contributed by atoms with Crippen LogP contribution in [0.1, 0.15) is 19.8 Å². The lowest BCUT2D eigenvalue weighted by atomic mass is 10.2. The molecule has 6 heteroatoms. The van der Waals surface area contributed by atoms with Gasteiger partial charge >= 0.3 is 5.69 Å². The van der Waals surface area contributed by atoms with Crippen LogP contribution in [0.2, 0.25) is 0 Å². The fourth-order valence-corrected chi connectivity index (χ4v) is 1.93. The van der Waals surface area contributed by atoms with Gasteiger partial charge in [-0.15, -0.1) is 0 Å². The van der Waals surface area contributed by atoms with E-state index in [4.69, 9.17) is 0 Å². The summed E-state index contributed by atoms with van der Waals surface area (Å²) in [6.45, 7) is 2.03. The average molecular weight is 286 g/mol. The van der Waals surface area contributed by atoms with Gasteiger partial charge in [-0.3, -0.25) is 10.1 Å². The first-order chi connectivity index (χ1) is 7.58. The van der Waals surface area contributed by atoms with Crippen molar-refractivity contribution in [1.29, 1.82) is 0 Å². The minimum atomic E-state index is -0.417. The molecular formula is C10H12BrN3O2. The Morgan fingerprint density at radius 3 is 2.94 bits per heavy atom. The first-order valence-electron chi connectivity index (χ1n) is 5.14. The topological polar surface area (TPSA) is 68.1 Å². The summed E-state index contributed by atoms with van der Waals surface area (Å²) in [6, 6.07) is 1.71. The summed E-state index contributed by atoms with van der Waals surface area (Å²) in [6.07, 6.45) is 3.95. The van der Waals surface area contributed by atoms with E-state index in [0.29, 0.717) is 16.2 Å². The molecule has 0 aromatic carbocycles. The molecule has 0 aliphatic heterocycles. The lowest BCUT2D eigenvalue weighted by molar-refractivity contribution is -0.384. The van der Waals surface area contributed by atoms with Gasteiger partial charge in [0.25, 0.3) is 0 Å². The van der Waals surface area contributed by atoms with Gasteiger partial charge in [0.1, 0.15) is 0 Å². The van der Waals surface area contributed by atoms with Crippen molar-refractivity contribution in [3.05, 3.63) is 26.9 Å². The highest BCUT2D eigenvalue weighted by Crippen LogP contribution is 2.35. The van der Waals surface area contributed by atoms with Gasteiger partial charge in [-0.05, 0) is 41.6 Å². The molecule has 1 fully saturated rings. The van der Waals surface area contributed by atoms with Crippen molar-refractivity contribution in [1.82, 2.24) is 4.98 Å². The Bertz CT molecular complexity index is 421. The third kappa shape index (κ3) is 2.49. The fourth-order valence-electron chi connectivity index (χ4n) is 1.61. The van der Waals surface area contributed by atoms with Gasteiger partial charge in [0.05, 0.1) is 4.92 Å². The lowest BCUT2D eigenvalue weighted by Crippen LogP contribution is -2.19. The van der Waals surface area contributed by atoms with Gasteiger partial charge in [-0.1, -0.05) is 0 Å². The molecule has 1 heterocycles. The minimum Gasteiger partial charge on any atom is -0.362 e. The Balaban J connectivity index is 2.21. The zero-order chi connectivity index (χ0) is 11.7. The summed E-state index contributed by atoms with van der Waals surface area (Å²) in [7, 11) is 0. The van der Waals surface area contributed by atoms with Crippen LogP contribution in [0.25, 0.3) is 0 Å². The molecule has 2 rings (SSSR count). The van der Waals surface area contributed by atoms with E-state index in [1.165, 1.54) is 18.9 Å². The molecule has 0 radical (unpaired) electrons. The molecule has 5 nitrogen and oxygen atoms in total. The zero-order valence-corrected chi connectivity index (χ0v) is 10.4. The SMILES string of the molecule is CC(Nc1ncc(Br)cc1[N+](=O)[O-])C1CC1. The van der Waals surface area contributed by atoms with E-state index in [9.17, 15) is 10.1 Å². The molecular weight excluding hydrogens is 274 g/mol. The second-order valence-electron chi connectivity index (χ2n) is 4.05. The average Bonchev–Trinajstić information content (AvgIpc) is 3.03. The number of nitrogens with zero attached hydrogens (tertiary/aromatic N) is 2. The molecule has 86 valence electrons. The van der Waals surface area contributed by atoms with Gasteiger partial charge in [0, 0.05) is 22.8 Å². The molecule has 1 aromatic heterocycles. The first-order valence-corrected chi connectivity index (χ1v) is 5.93. The summed E-state index contributed by atoms with van der Waals surface area (Å²) < 4.78 is 0.615. The van der Waals surface area contributed by atoms with E-state index >= 15 is 0 Å². The smallest absolute Gasteiger partial charge is 0.312 e. The van der Waals surface area contributed by atoms with E-state index in [1.54, 1.807) is 6.20 Å². The highest BCUT2D eigenvalue weighted by molar-refractivity contribution is 9.10. The molecule has 1 unspecified atom stereocenters. The van der Waals surface area contributed by atoms with Crippen LogP contribution in [0.4, 0.5) is 11.5 Å². The van der Waals surface area contributed by atoms with Crippen LogP contribution in [0.5, 0.6) is 0 Å². The van der Waals surface area contributed by atoms with E-state index in [1.807, 2.05) is 6.92 Å². The van der Waals surface area contributed by atoms with E-state index in [2.05, 4.69) is 26.2 Å². The maximum Gasteiger partial charge on any atom is 0.312 e. The van der Waals surface area contributed by atoms with Crippen LogP contribution >= 0.6 is 15.9 Å². The molecule has 1 aliphatic rings. The van der Waals surface area contributed by atoms with Crippen LogP contribution in [0.15, 0.2) is 16.7 Å². The van der Waals surface area contributed by atoms with Crippen molar-refractivity contribution >= 4 is 27.4 Å². The summed E-state index contributed by atoms with van der Waals surface area (Å²) >= 11 is 3.18. The summed E-state index contributed by atoms with van der Waals surface area (Å²) in [5.41, 5.74) is 0.0156. The Morgan fingerprint density at radius 1 is 1.69 bits per heavy atom. The second-order valence-corrected chi connectivity index (χ2v) is 4.96. The number of halogens is 1. The summed E-state index contributed by atoms with van der Waals surface area (Å²) in [5.74, 6) is 0.984. The number of anilines is 1. The number of nitrogens with one attached hydrogen (secondary N) is 1. The third-order valence-electron chi connectivity index (χ3n) is 2.72. The number of aromatic nitrogens is 1. The quantitative estimate of drug-likeness (QED) is 0.682. The van der Waals surface area contributed by atoms with Crippen LogP contribution in [0, 0.1) is 16.0 Å². The Hall–Kier alpha value is -1.17. The normalized spacial score (nSPS) is 16.9. The standard InChI is InChI=1S/C10H12BrN3O2/c1-6(7-2-3-7)13-10-9(14(15)16)4-8(11)5-12-10/h4-7H,2-3H2,1H3,(H,12,13). The van der Waals surface area contributed by atoms with Gasteiger partial charge in [0.15, 0.2) is 0 Å². The predicted octanol–water partition coefficient (Wildman–Crippen LogP) is 2.96. The van der Waals surface area contributed by atoms with Gasteiger partial charge in [0.2, 0.25) is 5.82 Å². The van der Waals surface area contributed by atoms with Gasteiger partial charge in [-0.2, -0.15) is 0 Å². The monoisotopic (exact) mass is 285 g/mol. The Labute approximate surface area is 102 Å². The lowest BCUT2D eigenvalue weighted by Gasteiger charge is -2.13. The van der Waals surface area contributed by atoms with Crippen molar-refractivity contribution in [2.75, 3.05) is 5.32 Å². The van der Waals surface area contributed by atoms with E-state index in [0.717, 1.165) is 0 Å². The van der Waals surface area contributed by atoms with Crippen LogP contribution in [0.3, 0.4) is 0 Å². The molecule has 0 saturated heterocycles. The molecule has 1 aromatic rings. The highest BCUT2D eigenvalue weighted by Gasteiger charge is 2.29. The molecule has 1 N–H and O–H groups in total. The summed E-state index contributed by atoms with van der Waals surface area (Å²) in [4.78, 5) is 14.5. The molecule has 0 spiro atoms. The van der Waals surface area contributed by atoms with Gasteiger partial charge < -0.3 is 5.32 Å². The highest BCUT2D eigenvalue weighted by atomic mass is 79.9. The van der Waals surface area contributed by atoms with E-state index < -0.39 is 4.92 Å². The number of hydrogen-bond donors (Lipinski definition) is 1. The fraction of sp³-hybridized carbons (Fsp3) is 0.500. The molecule has 0 bridgehead atoms. The molecule has 1 atom stereocenters. The van der Waals surface area contributed by atoms with Crippen molar-refractivity contribution in [2.24, 2.45) is 5.92 Å². The number of hydrogen-bond acceptors (Lipinski definition) is 4. The van der Waals surface area contributed by atoms with Crippen molar-refractivity contribution in [3.63, 3.8) is 0 Å². The summed E-state index contributed by atoms with van der Waals surface area (Å²) in [5, 5.41) is 14.0. The van der Waals surface area contributed by atoms with E-state index in [-0.39, 0.29) is 11.7 Å². The maximum absolute atomic E-state index is 10.8. The van der Waals surface area contributed by atoms with Crippen molar-refractivity contribution < 1.29 is 4.92 Å². The van der Waals surface area contributed by atoms with Crippen LogP contribution in [-0.4, -0.2) is 15.9 Å². The predicted molar refractivity (Wildman–Crippen MR) is 64.4 cm³/mol. The largest absolute Gasteiger partial charge is 0.362 e. The number of rotatable bonds is 4. The Kier molecular flexibility index (Phi) is 3.09. The molecule has 1 saturated carbocycles. The molecule has 0 amide bonds. The number of nitro groups is 1. The third-order valence-corrected chi connectivity index (χ3v) is 3.16. The number of pyridine rings is 1. The van der Waals surface area contributed by atoms with Crippen molar-refractivity contribution in [3.8, 4) is 0 Å². The minimum absolute atomic E-state index is 0.0156. The first kappa shape index (κ1) is 11.3. The zero-order valence-electron chi connectivity index (χ0n) is 8.81.